The van der Waals surface area contributed by atoms with E-state index in [9.17, 15) is 9.59 Å². The number of aromatic nitrogens is 1. The predicted molar refractivity (Wildman–Crippen MR) is 121 cm³/mol. The van der Waals surface area contributed by atoms with E-state index in [1.807, 2.05) is 29.7 Å². The number of benzene rings is 1. The fraction of sp³-hybridized carbons (Fsp3) is 0.391. The van der Waals surface area contributed by atoms with Crippen molar-refractivity contribution in [3.63, 3.8) is 0 Å². The van der Waals surface area contributed by atoms with Crippen LogP contribution in [0.25, 0.3) is 10.2 Å². The van der Waals surface area contributed by atoms with Crippen LogP contribution in [0.15, 0.2) is 41.8 Å². The van der Waals surface area contributed by atoms with Gasteiger partial charge >= 0.3 is 6.03 Å². The highest BCUT2D eigenvalue weighted by atomic mass is 32.1. The quantitative estimate of drug-likeness (QED) is 0.690. The van der Waals surface area contributed by atoms with Gasteiger partial charge < -0.3 is 19.7 Å². The first-order valence-electron chi connectivity index (χ1n) is 10.4. The molecule has 1 aromatic carbocycles. The maximum atomic E-state index is 13.5. The lowest BCUT2D eigenvalue weighted by Gasteiger charge is -2.39. The number of amides is 3. The number of hydrogen-bond donors (Lipinski definition) is 1. The number of urea groups is 1. The van der Waals surface area contributed by atoms with Gasteiger partial charge in [-0.15, -0.1) is 11.3 Å². The minimum absolute atomic E-state index is 0.0177. The van der Waals surface area contributed by atoms with E-state index >= 15 is 0 Å². The normalized spacial score (nSPS) is 16.8. The Kier molecular flexibility index (Phi) is 5.81. The summed E-state index contributed by atoms with van der Waals surface area (Å²) < 4.78 is 2.13. The lowest BCUT2D eigenvalue weighted by atomic mass is 10.1. The highest BCUT2D eigenvalue weighted by Gasteiger charge is 2.31. The highest BCUT2D eigenvalue weighted by molar-refractivity contribution is 7.16. The number of carbonyl (C=O) groups is 2. The monoisotopic (exact) mass is 424 g/mol. The summed E-state index contributed by atoms with van der Waals surface area (Å²) in [6, 6.07) is 12.5. The zero-order chi connectivity index (χ0) is 21.3. The number of nitrogens with zero attached hydrogens (tertiary/aromatic N) is 3. The Balaban J connectivity index is 1.57. The first-order chi connectivity index (χ1) is 14.5. The van der Waals surface area contributed by atoms with Crippen LogP contribution >= 0.6 is 11.3 Å². The lowest BCUT2D eigenvalue weighted by Crippen LogP contribution is -2.57. The molecule has 158 valence electrons. The van der Waals surface area contributed by atoms with E-state index in [0.717, 1.165) is 15.9 Å². The Morgan fingerprint density at radius 1 is 1.17 bits per heavy atom. The molecule has 0 spiro atoms. The van der Waals surface area contributed by atoms with Crippen LogP contribution in [0.5, 0.6) is 0 Å². The van der Waals surface area contributed by atoms with Crippen molar-refractivity contribution < 1.29 is 9.59 Å². The second-order valence-electron chi connectivity index (χ2n) is 7.91. The second kappa shape index (κ2) is 8.52. The fourth-order valence-electron chi connectivity index (χ4n) is 4.04. The first kappa shape index (κ1) is 20.5. The molecule has 4 rings (SSSR count). The fourth-order valence-corrected chi connectivity index (χ4v) is 4.94. The number of fused-ring (bicyclic) bond motifs is 1. The Hall–Kier alpha value is -2.80. The molecule has 7 heteroatoms. The summed E-state index contributed by atoms with van der Waals surface area (Å²) in [6.07, 6.45) is 0. The molecule has 0 aliphatic carbocycles. The molecule has 0 radical (unpaired) electrons. The van der Waals surface area contributed by atoms with Gasteiger partial charge in [0, 0.05) is 44.2 Å². The van der Waals surface area contributed by atoms with E-state index in [4.69, 9.17) is 0 Å². The highest BCUT2D eigenvalue weighted by Crippen LogP contribution is 2.28. The standard InChI is InChI=1S/C23H28N4O2S/c1-4-24-23(29)26-11-10-25(14-17(26)3)21(28)20-13-19-9-12-30-22(19)27(20)15-18-7-5-16(2)6-8-18/h5-9,12-13,17H,4,10-11,14-15H2,1-3H3,(H,24,29)/t17-/m0/s1. The van der Waals surface area contributed by atoms with Gasteiger partial charge in [-0.1, -0.05) is 29.8 Å². The average Bonchev–Trinajstić information content (AvgIpc) is 3.31. The molecule has 3 aromatic rings. The smallest absolute Gasteiger partial charge is 0.317 e. The van der Waals surface area contributed by atoms with Gasteiger partial charge in [-0.25, -0.2) is 4.79 Å². The van der Waals surface area contributed by atoms with Gasteiger partial charge in [0.1, 0.15) is 10.5 Å². The van der Waals surface area contributed by atoms with Crippen LogP contribution in [0.4, 0.5) is 4.79 Å². The number of hydrogen-bond acceptors (Lipinski definition) is 3. The summed E-state index contributed by atoms with van der Waals surface area (Å²) in [7, 11) is 0. The van der Waals surface area contributed by atoms with Crippen molar-refractivity contribution >= 4 is 33.5 Å². The lowest BCUT2D eigenvalue weighted by molar-refractivity contribution is 0.0571. The molecule has 1 N–H and O–H groups in total. The molecule has 0 unspecified atom stereocenters. The summed E-state index contributed by atoms with van der Waals surface area (Å²) in [6.45, 7) is 8.89. The van der Waals surface area contributed by atoms with E-state index in [1.54, 1.807) is 11.3 Å². The van der Waals surface area contributed by atoms with Crippen molar-refractivity contribution in [2.24, 2.45) is 0 Å². The molecule has 0 saturated carbocycles. The largest absolute Gasteiger partial charge is 0.338 e. The summed E-state index contributed by atoms with van der Waals surface area (Å²) >= 11 is 1.66. The molecular weight excluding hydrogens is 396 g/mol. The number of piperazine rings is 1. The van der Waals surface area contributed by atoms with Crippen molar-refractivity contribution in [3.05, 3.63) is 58.6 Å². The summed E-state index contributed by atoms with van der Waals surface area (Å²) in [5, 5.41) is 6.03. The average molecular weight is 425 g/mol. The number of aryl methyl sites for hydroxylation is 1. The molecule has 1 fully saturated rings. The van der Waals surface area contributed by atoms with Crippen LogP contribution in [0.3, 0.4) is 0 Å². The Labute approximate surface area is 181 Å². The van der Waals surface area contributed by atoms with Crippen LogP contribution < -0.4 is 5.32 Å². The zero-order valence-electron chi connectivity index (χ0n) is 17.7. The zero-order valence-corrected chi connectivity index (χ0v) is 18.5. The van der Waals surface area contributed by atoms with Gasteiger partial charge in [-0.3, -0.25) is 4.79 Å². The van der Waals surface area contributed by atoms with E-state index in [-0.39, 0.29) is 18.0 Å². The van der Waals surface area contributed by atoms with Gasteiger partial charge in [0.05, 0.1) is 0 Å². The first-order valence-corrected chi connectivity index (χ1v) is 11.3. The molecule has 3 heterocycles. The van der Waals surface area contributed by atoms with E-state index in [1.165, 1.54) is 11.1 Å². The van der Waals surface area contributed by atoms with Crippen LogP contribution in [0.2, 0.25) is 0 Å². The summed E-state index contributed by atoms with van der Waals surface area (Å²) in [4.78, 5) is 30.5. The Morgan fingerprint density at radius 2 is 1.93 bits per heavy atom. The summed E-state index contributed by atoms with van der Waals surface area (Å²) in [5.41, 5.74) is 3.12. The van der Waals surface area contributed by atoms with Gasteiger partial charge in [0.15, 0.2) is 0 Å². The van der Waals surface area contributed by atoms with Crippen molar-refractivity contribution in [3.8, 4) is 0 Å². The minimum atomic E-state index is -0.0552. The maximum absolute atomic E-state index is 13.5. The minimum Gasteiger partial charge on any atom is -0.338 e. The SMILES string of the molecule is CCNC(=O)N1CCN(C(=O)c2cc3ccsc3n2Cc2ccc(C)cc2)C[C@@H]1C. The van der Waals surface area contributed by atoms with E-state index in [2.05, 4.69) is 52.5 Å². The van der Waals surface area contributed by atoms with E-state index < -0.39 is 0 Å². The van der Waals surface area contributed by atoms with Crippen LogP contribution in [-0.2, 0) is 6.54 Å². The third-order valence-corrected chi connectivity index (χ3v) is 6.64. The number of thiophene rings is 1. The third-order valence-electron chi connectivity index (χ3n) is 5.69. The van der Waals surface area contributed by atoms with Crippen LogP contribution in [0, 0.1) is 6.92 Å². The van der Waals surface area contributed by atoms with E-state index in [0.29, 0.717) is 32.7 Å². The number of carbonyl (C=O) groups excluding carboxylic acids is 2. The molecule has 1 atom stereocenters. The molecule has 0 bridgehead atoms. The maximum Gasteiger partial charge on any atom is 0.317 e. The Morgan fingerprint density at radius 3 is 2.63 bits per heavy atom. The van der Waals surface area contributed by atoms with Crippen molar-refractivity contribution in [1.29, 1.82) is 0 Å². The number of rotatable bonds is 4. The molecule has 1 saturated heterocycles. The van der Waals surface area contributed by atoms with Gasteiger partial charge in [0.25, 0.3) is 5.91 Å². The van der Waals surface area contributed by atoms with Crippen LogP contribution in [-0.4, -0.2) is 58.5 Å². The van der Waals surface area contributed by atoms with Crippen LogP contribution in [0.1, 0.15) is 35.5 Å². The predicted octanol–water partition coefficient (Wildman–Crippen LogP) is 3.94. The van der Waals surface area contributed by atoms with Crippen molar-refractivity contribution in [2.45, 2.75) is 33.4 Å². The molecule has 2 aromatic heterocycles. The molecular formula is C23H28N4O2S. The van der Waals surface area contributed by atoms with Gasteiger partial charge in [-0.05, 0) is 43.8 Å². The van der Waals surface area contributed by atoms with Gasteiger partial charge in [0.2, 0.25) is 0 Å². The summed E-state index contributed by atoms with van der Waals surface area (Å²) in [5.74, 6) is 0.0351. The second-order valence-corrected chi connectivity index (χ2v) is 8.81. The number of nitrogens with one attached hydrogen (secondary N) is 1. The van der Waals surface area contributed by atoms with Crippen molar-refractivity contribution in [1.82, 2.24) is 19.7 Å². The molecule has 1 aliphatic heterocycles. The molecule has 6 nitrogen and oxygen atoms in total. The molecule has 1 aliphatic rings. The van der Waals surface area contributed by atoms with Crippen molar-refractivity contribution in [2.75, 3.05) is 26.2 Å². The molecule has 30 heavy (non-hydrogen) atoms. The van der Waals surface area contributed by atoms with Gasteiger partial charge in [-0.2, -0.15) is 0 Å². The molecule has 3 amide bonds. The topological polar surface area (TPSA) is 57.6 Å². The Bertz CT molecular complexity index is 1050. The third kappa shape index (κ3) is 3.94.